The van der Waals surface area contributed by atoms with Crippen molar-refractivity contribution in [2.45, 2.75) is 19.8 Å². The quantitative estimate of drug-likeness (QED) is 0.794. The van der Waals surface area contributed by atoms with Gasteiger partial charge in [0.05, 0.1) is 10.0 Å². The first-order valence-electron chi connectivity index (χ1n) is 5.98. The summed E-state index contributed by atoms with van der Waals surface area (Å²) < 4.78 is 0. The topological polar surface area (TPSA) is 58.2 Å². The molecular formula is C13H16Cl2N2O2. The molecule has 0 unspecified atom stereocenters. The largest absolute Gasteiger partial charge is 0.356 e. The van der Waals surface area contributed by atoms with E-state index in [1.165, 1.54) is 13.0 Å². The van der Waals surface area contributed by atoms with Crippen LogP contribution in [0.2, 0.25) is 10.0 Å². The molecule has 1 aromatic carbocycles. The highest BCUT2D eigenvalue weighted by atomic mass is 35.5. The number of hydrogen-bond acceptors (Lipinski definition) is 2. The van der Waals surface area contributed by atoms with Crippen LogP contribution < -0.4 is 10.6 Å². The maximum atomic E-state index is 11.8. The lowest BCUT2D eigenvalue weighted by Crippen LogP contribution is -2.26. The van der Waals surface area contributed by atoms with E-state index in [1.54, 1.807) is 12.1 Å². The average Bonchev–Trinajstić information content (AvgIpc) is 2.36. The van der Waals surface area contributed by atoms with Crippen LogP contribution in [0.4, 0.5) is 0 Å². The highest BCUT2D eigenvalue weighted by Crippen LogP contribution is 2.22. The van der Waals surface area contributed by atoms with Gasteiger partial charge in [-0.25, -0.2) is 0 Å². The summed E-state index contributed by atoms with van der Waals surface area (Å²) in [4.78, 5) is 22.4. The summed E-state index contributed by atoms with van der Waals surface area (Å²) in [6.45, 7) is 2.66. The Morgan fingerprint density at radius 1 is 1.05 bits per heavy atom. The Labute approximate surface area is 122 Å². The van der Waals surface area contributed by atoms with Crippen molar-refractivity contribution in [3.05, 3.63) is 33.8 Å². The third kappa shape index (κ3) is 5.94. The van der Waals surface area contributed by atoms with Gasteiger partial charge >= 0.3 is 0 Å². The van der Waals surface area contributed by atoms with E-state index in [-0.39, 0.29) is 11.8 Å². The normalized spacial score (nSPS) is 10.1. The van der Waals surface area contributed by atoms with Crippen molar-refractivity contribution in [2.24, 2.45) is 0 Å². The minimum Gasteiger partial charge on any atom is -0.356 e. The summed E-state index contributed by atoms with van der Waals surface area (Å²) in [6.07, 6.45) is 1.62. The van der Waals surface area contributed by atoms with Crippen LogP contribution in [0.25, 0.3) is 0 Å². The molecule has 0 aliphatic carbocycles. The molecule has 1 rings (SSSR count). The standard InChI is InChI=1S/C13H16Cl2N2O2/c1-9(18)16-6-2-3-7-17-13(19)10-4-5-11(14)12(15)8-10/h4-5,8H,2-3,6-7H2,1H3,(H,16,18)(H,17,19). The van der Waals surface area contributed by atoms with Gasteiger partial charge in [-0.2, -0.15) is 0 Å². The van der Waals surface area contributed by atoms with Gasteiger partial charge in [0.25, 0.3) is 5.91 Å². The zero-order valence-electron chi connectivity index (χ0n) is 10.6. The number of hydrogen-bond donors (Lipinski definition) is 2. The molecule has 0 aliphatic rings. The minimum absolute atomic E-state index is 0.0418. The molecule has 0 bridgehead atoms. The Kier molecular flexibility index (Phi) is 6.67. The molecule has 0 aliphatic heterocycles. The molecule has 0 aromatic heterocycles. The summed E-state index contributed by atoms with van der Waals surface area (Å²) in [6, 6.07) is 4.76. The van der Waals surface area contributed by atoms with Crippen LogP contribution in [0.1, 0.15) is 30.1 Å². The second-order valence-electron chi connectivity index (χ2n) is 4.07. The fourth-order valence-corrected chi connectivity index (χ4v) is 1.75. The monoisotopic (exact) mass is 302 g/mol. The summed E-state index contributed by atoms with van der Waals surface area (Å²) in [5.41, 5.74) is 0.483. The fraction of sp³-hybridized carbons (Fsp3) is 0.385. The number of nitrogens with one attached hydrogen (secondary N) is 2. The Morgan fingerprint density at radius 3 is 2.26 bits per heavy atom. The van der Waals surface area contributed by atoms with Gasteiger partial charge in [0.2, 0.25) is 5.91 Å². The van der Waals surface area contributed by atoms with Crippen molar-refractivity contribution in [3.63, 3.8) is 0 Å². The maximum absolute atomic E-state index is 11.8. The number of amides is 2. The van der Waals surface area contributed by atoms with Crippen LogP contribution in [0.3, 0.4) is 0 Å². The lowest BCUT2D eigenvalue weighted by molar-refractivity contribution is -0.118. The number of benzene rings is 1. The van der Waals surface area contributed by atoms with Crippen LogP contribution >= 0.6 is 23.2 Å². The molecule has 0 spiro atoms. The molecule has 6 heteroatoms. The van der Waals surface area contributed by atoms with Crippen LogP contribution in [-0.2, 0) is 4.79 Å². The van der Waals surface area contributed by atoms with Gasteiger partial charge in [-0.1, -0.05) is 23.2 Å². The number of carbonyl (C=O) groups is 2. The van der Waals surface area contributed by atoms with Crippen LogP contribution in [-0.4, -0.2) is 24.9 Å². The van der Waals surface area contributed by atoms with Crippen molar-refractivity contribution in [1.29, 1.82) is 0 Å². The van der Waals surface area contributed by atoms with Crippen LogP contribution in [0.15, 0.2) is 18.2 Å². The molecule has 19 heavy (non-hydrogen) atoms. The molecule has 2 N–H and O–H groups in total. The molecular weight excluding hydrogens is 287 g/mol. The SMILES string of the molecule is CC(=O)NCCCCNC(=O)c1ccc(Cl)c(Cl)c1. The highest BCUT2D eigenvalue weighted by Gasteiger charge is 2.07. The summed E-state index contributed by atoms with van der Waals surface area (Å²) in [7, 11) is 0. The number of unbranched alkanes of at least 4 members (excludes halogenated alkanes) is 1. The van der Waals surface area contributed by atoms with Gasteiger partial charge in [0.1, 0.15) is 0 Å². The van der Waals surface area contributed by atoms with E-state index in [4.69, 9.17) is 23.2 Å². The predicted molar refractivity (Wildman–Crippen MR) is 76.7 cm³/mol. The van der Waals surface area contributed by atoms with E-state index in [2.05, 4.69) is 10.6 Å². The lowest BCUT2D eigenvalue weighted by atomic mass is 10.2. The summed E-state index contributed by atoms with van der Waals surface area (Å²) >= 11 is 11.6. The van der Waals surface area contributed by atoms with E-state index in [9.17, 15) is 9.59 Å². The third-order valence-corrected chi connectivity index (χ3v) is 3.18. The van der Waals surface area contributed by atoms with E-state index >= 15 is 0 Å². The fourth-order valence-electron chi connectivity index (χ4n) is 1.46. The van der Waals surface area contributed by atoms with Gasteiger partial charge in [0.15, 0.2) is 0 Å². The highest BCUT2D eigenvalue weighted by molar-refractivity contribution is 6.42. The Morgan fingerprint density at radius 2 is 1.68 bits per heavy atom. The zero-order valence-corrected chi connectivity index (χ0v) is 12.1. The van der Waals surface area contributed by atoms with Crippen molar-refractivity contribution in [2.75, 3.05) is 13.1 Å². The van der Waals surface area contributed by atoms with E-state index < -0.39 is 0 Å². The average molecular weight is 303 g/mol. The Balaban J connectivity index is 2.27. The van der Waals surface area contributed by atoms with E-state index in [1.807, 2.05) is 0 Å². The zero-order chi connectivity index (χ0) is 14.3. The van der Waals surface area contributed by atoms with Gasteiger partial charge in [-0.05, 0) is 31.0 Å². The van der Waals surface area contributed by atoms with Crippen molar-refractivity contribution in [3.8, 4) is 0 Å². The molecule has 0 fully saturated rings. The maximum Gasteiger partial charge on any atom is 0.251 e. The van der Waals surface area contributed by atoms with Crippen LogP contribution in [0, 0.1) is 0 Å². The van der Waals surface area contributed by atoms with Crippen molar-refractivity contribution < 1.29 is 9.59 Å². The number of halogens is 2. The molecule has 0 saturated heterocycles. The molecule has 1 aromatic rings. The first-order valence-corrected chi connectivity index (χ1v) is 6.74. The van der Waals surface area contributed by atoms with Crippen molar-refractivity contribution in [1.82, 2.24) is 10.6 Å². The number of rotatable bonds is 6. The minimum atomic E-state index is -0.182. The molecule has 0 radical (unpaired) electrons. The molecule has 0 heterocycles. The second-order valence-corrected chi connectivity index (χ2v) is 4.89. The smallest absolute Gasteiger partial charge is 0.251 e. The Hall–Kier alpha value is -1.26. The molecule has 0 atom stereocenters. The lowest BCUT2D eigenvalue weighted by Gasteiger charge is -2.06. The van der Waals surface area contributed by atoms with Gasteiger partial charge in [-0.15, -0.1) is 0 Å². The first-order chi connectivity index (χ1) is 9.00. The second kappa shape index (κ2) is 8.02. The van der Waals surface area contributed by atoms with Crippen molar-refractivity contribution >= 4 is 35.0 Å². The predicted octanol–water partition coefficient (Wildman–Crippen LogP) is 2.64. The van der Waals surface area contributed by atoms with Gasteiger partial charge in [-0.3, -0.25) is 9.59 Å². The van der Waals surface area contributed by atoms with Gasteiger partial charge in [0, 0.05) is 25.6 Å². The Bertz CT molecular complexity index is 464. The first kappa shape index (κ1) is 15.8. The van der Waals surface area contributed by atoms with Gasteiger partial charge < -0.3 is 10.6 Å². The molecule has 104 valence electrons. The molecule has 2 amide bonds. The molecule has 4 nitrogen and oxygen atoms in total. The number of carbonyl (C=O) groups excluding carboxylic acids is 2. The summed E-state index contributed by atoms with van der Waals surface area (Å²) in [5.74, 6) is -0.224. The van der Waals surface area contributed by atoms with E-state index in [0.717, 1.165) is 12.8 Å². The molecule has 0 saturated carbocycles. The summed E-state index contributed by atoms with van der Waals surface area (Å²) in [5, 5.41) is 6.26. The van der Waals surface area contributed by atoms with E-state index in [0.29, 0.717) is 28.7 Å². The van der Waals surface area contributed by atoms with Crippen LogP contribution in [0.5, 0.6) is 0 Å². The third-order valence-electron chi connectivity index (χ3n) is 2.44.